The number of anilines is 2. The lowest BCUT2D eigenvalue weighted by atomic mass is 9.96. The summed E-state index contributed by atoms with van der Waals surface area (Å²) in [5.41, 5.74) is 4.63. The third-order valence-electron chi connectivity index (χ3n) is 7.69. The minimum Gasteiger partial charge on any atom is -0.383 e. The van der Waals surface area contributed by atoms with Crippen molar-refractivity contribution >= 4 is 22.3 Å². The molecular weight excluding hydrogens is 541 g/mol. The van der Waals surface area contributed by atoms with Crippen LogP contribution in [0.25, 0.3) is 10.9 Å². The van der Waals surface area contributed by atoms with Gasteiger partial charge in [0.05, 0.1) is 40.1 Å². The fraction of sp³-hybridized carbons (Fsp3) is 0.273. The van der Waals surface area contributed by atoms with Crippen LogP contribution in [0.1, 0.15) is 67.6 Å². The van der Waals surface area contributed by atoms with E-state index in [2.05, 4.69) is 63.8 Å². The lowest BCUT2D eigenvalue weighted by Crippen LogP contribution is -2.20. The Morgan fingerprint density at radius 2 is 1.81 bits per heavy atom. The highest BCUT2D eigenvalue weighted by molar-refractivity contribution is 5.99. The summed E-state index contributed by atoms with van der Waals surface area (Å²) in [4.78, 5) is 8.75. The molecule has 0 saturated heterocycles. The SMILES string of the molecule is CC(C)(C)CNc1c(C#N)cnc2c(C#N)cc(N[C@@H](c3ccc(F)cc3)c3cn(C4(c5cccnc5)CC4)nn3)cc12. The fourth-order valence-electron chi connectivity index (χ4n) is 5.27. The Labute approximate surface area is 249 Å². The van der Waals surface area contributed by atoms with Crippen molar-refractivity contribution in [1.29, 1.82) is 10.5 Å². The van der Waals surface area contributed by atoms with Crippen molar-refractivity contribution in [1.82, 2.24) is 25.0 Å². The average molecular weight is 572 g/mol. The van der Waals surface area contributed by atoms with Crippen molar-refractivity contribution in [2.24, 2.45) is 5.41 Å². The van der Waals surface area contributed by atoms with Crippen molar-refractivity contribution in [2.75, 3.05) is 17.2 Å². The van der Waals surface area contributed by atoms with Gasteiger partial charge in [0.2, 0.25) is 0 Å². The molecule has 214 valence electrons. The summed E-state index contributed by atoms with van der Waals surface area (Å²) in [7, 11) is 0. The van der Waals surface area contributed by atoms with Crippen LogP contribution >= 0.6 is 0 Å². The van der Waals surface area contributed by atoms with Crippen LogP contribution in [-0.4, -0.2) is 31.5 Å². The number of hydrogen-bond acceptors (Lipinski definition) is 8. The maximum atomic E-state index is 13.9. The van der Waals surface area contributed by atoms with Crippen LogP contribution < -0.4 is 10.6 Å². The van der Waals surface area contributed by atoms with E-state index in [1.807, 2.05) is 35.3 Å². The largest absolute Gasteiger partial charge is 0.383 e. The van der Waals surface area contributed by atoms with Gasteiger partial charge in [0, 0.05) is 36.2 Å². The van der Waals surface area contributed by atoms with E-state index in [4.69, 9.17) is 0 Å². The molecule has 0 bridgehead atoms. The van der Waals surface area contributed by atoms with Gasteiger partial charge in [-0.25, -0.2) is 9.07 Å². The van der Waals surface area contributed by atoms with Gasteiger partial charge in [-0.1, -0.05) is 44.2 Å². The van der Waals surface area contributed by atoms with Crippen molar-refractivity contribution in [2.45, 2.75) is 45.2 Å². The average Bonchev–Trinajstić information content (AvgIpc) is 3.68. The quantitative estimate of drug-likeness (QED) is 0.222. The van der Waals surface area contributed by atoms with E-state index >= 15 is 0 Å². The van der Waals surface area contributed by atoms with Gasteiger partial charge < -0.3 is 10.6 Å². The summed E-state index contributed by atoms with van der Waals surface area (Å²) in [5.74, 6) is -0.346. The predicted octanol–water partition coefficient (Wildman–Crippen LogP) is 6.30. The number of hydrogen-bond donors (Lipinski definition) is 2. The molecule has 0 spiro atoms. The van der Waals surface area contributed by atoms with E-state index < -0.39 is 6.04 Å². The number of nitriles is 2. The molecule has 0 amide bonds. The van der Waals surface area contributed by atoms with E-state index in [-0.39, 0.29) is 16.8 Å². The molecule has 1 aliphatic carbocycles. The first-order valence-corrected chi connectivity index (χ1v) is 14.1. The van der Waals surface area contributed by atoms with Crippen molar-refractivity contribution in [3.05, 3.63) is 107 Å². The topological polar surface area (TPSA) is 128 Å². The Morgan fingerprint density at radius 1 is 1.05 bits per heavy atom. The van der Waals surface area contributed by atoms with Gasteiger partial charge in [0.15, 0.2) is 0 Å². The number of benzene rings is 2. The molecule has 6 rings (SSSR count). The van der Waals surface area contributed by atoms with Gasteiger partial charge in [-0.05, 0) is 59.7 Å². The molecule has 1 fully saturated rings. The zero-order valence-corrected chi connectivity index (χ0v) is 24.1. The minimum absolute atomic E-state index is 0.0511. The van der Waals surface area contributed by atoms with Crippen LogP contribution in [0, 0.1) is 33.9 Å². The summed E-state index contributed by atoms with van der Waals surface area (Å²) in [5, 5.41) is 36.6. The second-order valence-electron chi connectivity index (χ2n) is 12.1. The molecule has 9 nitrogen and oxygen atoms in total. The first-order valence-electron chi connectivity index (χ1n) is 14.1. The van der Waals surface area contributed by atoms with Crippen molar-refractivity contribution in [3.63, 3.8) is 0 Å². The summed E-state index contributed by atoms with van der Waals surface area (Å²) in [6.07, 6.45) is 8.86. The molecule has 2 N–H and O–H groups in total. The van der Waals surface area contributed by atoms with Crippen LogP contribution in [-0.2, 0) is 5.54 Å². The molecule has 43 heavy (non-hydrogen) atoms. The lowest BCUT2D eigenvalue weighted by molar-refractivity contribution is 0.443. The summed E-state index contributed by atoms with van der Waals surface area (Å²) in [6, 6.07) is 17.8. The van der Waals surface area contributed by atoms with E-state index in [0.717, 1.165) is 24.0 Å². The fourth-order valence-corrected chi connectivity index (χ4v) is 5.27. The van der Waals surface area contributed by atoms with E-state index in [1.54, 1.807) is 24.4 Å². The van der Waals surface area contributed by atoms with Crippen molar-refractivity contribution in [3.8, 4) is 12.1 Å². The van der Waals surface area contributed by atoms with Crippen LogP contribution in [0.5, 0.6) is 0 Å². The van der Waals surface area contributed by atoms with Crippen LogP contribution in [0.2, 0.25) is 0 Å². The Kier molecular flexibility index (Phi) is 6.99. The van der Waals surface area contributed by atoms with E-state index in [1.165, 1.54) is 18.3 Å². The number of rotatable bonds is 8. The zero-order chi connectivity index (χ0) is 30.2. The van der Waals surface area contributed by atoms with Gasteiger partial charge in [0.1, 0.15) is 23.6 Å². The summed E-state index contributed by atoms with van der Waals surface area (Å²) < 4.78 is 15.8. The zero-order valence-electron chi connectivity index (χ0n) is 24.1. The van der Waals surface area contributed by atoms with Gasteiger partial charge in [0.25, 0.3) is 0 Å². The molecule has 3 heterocycles. The van der Waals surface area contributed by atoms with Crippen LogP contribution in [0.15, 0.2) is 73.3 Å². The maximum Gasteiger partial charge on any atom is 0.123 e. The number of nitrogens with zero attached hydrogens (tertiary/aromatic N) is 7. The normalized spacial score (nSPS) is 14.5. The molecule has 1 atom stereocenters. The van der Waals surface area contributed by atoms with Crippen LogP contribution in [0.4, 0.5) is 15.8 Å². The van der Waals surface area contributed by atoms with Gasteiger partial charge in [-0.2, -0.15) is 10.5 Å². The molecule has 0 aliphatic heterocycles. The third kappa shape index (κ3) is 5.47. The first kappa shape index (κ1) is 27.8. The number of pyridine rings is 2. The second kappa shape index (κ2) is 10.8. The lowest BCUT2D eigenvalue weighted by Gasteiger charge is -2.22. The molecule has 5 aromatic rings. The minimum atomic E-state index is -0.513. The molecule has 0 unspecified atom stereocenters. The monoisotopic (exact) mass is 571 g/mol. The van der Waals surface area contributed by atoms with E-state index in [9.17, 15) is 14.9 Å². The molecule has 1 aliphatic rings. The summed E-state index contributed by atoms with van der Waals surface area (Å²) in [6.45, 7) is 6.91. The third-order valence-corrected chi connectivity index (χ3v) is 7.69. The maximum absolute atomic E-state index is 13.9. The van der Waals surface area contributed by atoms with Gasteiger partial charge >= 0.3 is 0 Å². The highest BCUT2D eigenvalue weighted by atomic mass is 19.1. The Hall–Kier alpha value is -5.35. The highest BCUT2D eigenvalue weighted by Crippen LogP contribution is 2.48. The van der Waals surface area contributed by atoms with Crippen molar-refractivity contribution < 1.29 is 4.39 Å². The van der Waals surface area contributed by atoms with E-state index in [0.29, 0.717) is 45.6 Å². The first-order chi connectivity index (χ1) is 20.7. The molecule has 2 aromatic carbocycles. The molecule has 3 aromatic heterocycles. The molecular formula is C33H30FN9. The molecule has 10 heteroatoms. The number of halogens is 1. The molecule has 1 saturated carbocycles. The van der Waals surface area contributed by atoms with Gasteiger partial charge in [-0.15, -0.1) is 5.10 Å². The highest BCUT2D eigenvalue weighted by Gasteiger charge is 2.48. The Balaban J connectivity index is 1.44. The Bertz CT molecular complexity index is 1870. The predicted molar refractivity (Wildman–Crippen MR) is 162 cm³/mol. The number of fused-ring (bicyclic) bond motifs is 1. The number of aromatic nitrogens is 5. The smallest absolute Gasteiger partial charge is 0.123 e. The second-order valence-corrected chi connectivity index (χ2v) is 12.1. The Morgan fingerprint density at radius 3 is 2.47 bits per heavy atom. The molecule has 0 radical (unpaired) electrons. The number of nitrogens with one attached hydrogen (secondary N) is 2. The standard InChI is InChI=1S/C33H30FN9/c1-32(2,3)20-39-30-23(16-36)17-38-29-22(15-35)13-26(14-27(29)30)40-31(21-6-8-25(34)9-7-21)28-19-43(42-41-28)33(10-11-33)24-5-4-12-37-18-24/h4-9,12-14,17-19,31,40H,10-11,20H2,1-3H3,(H,38,39)/t31-/m0/s1. The van der Waals surface area contributed by atoms with Gasteiger partial charge in [-0.3, -0.25) is 9.97 Å². The van der Waals surface area contributed by atoms with Crippen LogP contribution in [0.3, 0.4) is 0 Å². The summed E-state index contributed by atoms with van der Waals surface area (Å²) >= 11 is 0.